The number of aryl methyl sites for hydroxylation is 1. The summed E-state index contributed by atoms with van der Waals surface area (Å²) in [5.41, 5.74) is 1.00. The van der Waals surface area contributed by atoms with Crippen LogP contribution in [0.2, 0.25) is 0 Å². The molecule has 0 aliphatic carbocycles. The zero-order chi connectivity index (χ0) is 12.2. The standard InChI is InChI=1S/C9H11NO5S/c11-9(12)6-3-7-1-4-8(5-2-7)10-16(13,14)15/h1-2,4-5,10H,3,6H2,(H,11,12)(H,13,14,15). The molecule has 0 spiro atoms. The summed E-state index contributed by atoms with van der Waals surface area (Å²) in [6.45, 7) is 0. The van der Waals surface area contributed by atoms with E-state index in [1.54, 1.807) is 12.1 Å². The maximum Gasteiger partial charge on any atom is 0.357 e. The van der Waals surface area contributed by atoms with Gasteiger partial charge in [0, 0.05) is 6.42 Å². The van der Waals surface area contributed by atoms with Gasteiger partial charge in [-0.05, 0) is 24.1 Å². The van der Waals surface area contributed by atoms with Crippen LogP contribution in [-0.4, -0.2) is 24.0 Å². The summed E-state index contributed by atoms with van der Waals surface area (Å²) in [4.78, 5) is 10.3. The van der Waals surface area contributed by atoms with E-state index in [4.69, 9.17) is 9.66 Å². The first-order chi connectivity index (χ1) is 7.37. The highest BCUT2D eigenvalue weighted by atomic mass is 32.2. The third-order valence-corrected chi connectivity index (χ3v) is 2.32. The predicted octanol–water partition coefficient (Wildman–Crippen LogP) is 0.918. The van der Waals surface area contributed by atoms with Crippen molar-refractivity contribution in [3.8, 4) is 0 Å². The molecule has 0 heterocycles. The Morgan fingerprint density at radius 2 is 1.81 bits per heavy atom. The van der Waals surface area contributed by atoms with E-state index in [9.17, 15) is 13.2 Å². The number of hydrogen-bond donors (Lipinski definition) is 3. The third-order valence-electron chi connectivity index (χ3n) is 1.83. The molecule has 0 bridgehead atoms. The van der Waals surface area contributed by atoms with Gasteiger partial charge in [-0.1, -0.05) is 12.1 Å². The smallest absolute Gasteiger partial charge is 0.357 e. The molecule has 0 atom stereocenters. The normalized spacial score (nSPS) is 11.1. The summed E-state index contributed by atoms with van der Waals surface area (Å²) in [7, 11) is -4.26. The van der Waals surface area contributed by atoms with Crippen molar-refractivity contribution in [2.45, 2.75) is 12.8 Å². The number of aliphatic carboxylic acids is 1. The summed E-state index contributed by atoms with van der Waals surface area (Å²) in [5.74, 6) is -0.889. The molecule has 0 aliphatic heterocycles. The van der Waals surface area contributed by atoms with Gasteiger partial charge >= 0.3 is 16.3 Å². The lowest BCUT2D eigenvalue weighted by atomic mass is 10.1. The molecule has 0 amide bonds. The molecule has 1 aromatic rings. The summed E-state index contributed by atoms with van der Waals surface area (Å²) in [6, 6.07) is 6.09. The van der Waals surface area contributed by atoms with Gasteiger partial charge in [-0.15, -0.1) is 0 Å². The molecule has 88 valence electrons. The summed E-state index contributed by atoms with van der Waals surface area (Å²) in [5, 5.41) is 8.46. The number of anilines is 1. The molecule has 0 unspecified atom stereocenters. The van der Waals surface area contributed by atoms with Crippen LogP contribution >= 0.6 is 0 Å². The minimum atomic E-state index is -4.26. The molecular formula is C9H11NO5S. The Morgan fingerprint density at radius 3 is 2.25 bits per heavy atom. The van der Waals surface area contributed by atoms with Gasteiger partial charge in [-0.25, -0.2) is 0 Å². The van der Waals surface area contributed by atoms with E-state index in [0.717, 1.165) is 5.56 Å². The quantitative estimate of drug-likeness (QED) is 0.669. The van der Waals surface area contributed by atoms with Crippen molar-refractivity contribution in [1.29, 1.82) is 0 Å². The second-order valence-corrected chi connectivity index (χ2v) is 4.32. The van der Waals surface area contributed by atoms with Crippen molar-refractivity contribution in [2.24, 2.45) is 0 Å². The summed E-state index contributed by atoms with van der Waals surface area (Å²) < 4.78 is 31.3. The predicted molar refractivity (Wildman–Crippen MR) is 57.6 cm³/mol. The molecule has 16 heavy (non-hydrogen) atoms. The van der Waals surface area contributed by atoms with Gasteiger partial charge in [0.2, 0.25) is 0 Å². The van der Waals surface area contributed by atoms with Gasteiger partial charge < -0.3 is 5.11 Å². The average Bonchev–Trinajstić information content (AvgIpc) is 2.14. The third kappa shape index (κ3) is 4.76. The molecule has 0 saturated carbocycles. The van der Waals surface area contributed by atoms with E-state index in [0.29, 0.717) is 6.42 Å². The molecule has 0 aliphatic rings. The Balaban J connectivity index is 2.64. The van der Waals surface area contributed by atoms with Crippen LogP contribution in [-0.2, 0) is 21.5 Å². The van der Waals surface area contributed by atoms with Crippen LogP contribution in [0, 0.1) is 0 Å². The average molecular weight is 245 g/mol. The van der Waals surface area contributed by atoms with Gasteiger partial charge in [0.05, 0.1) is 5.69 Å². The van der Waals surface area contributed by atoms with Crippen LogP contribution in [0.25, 0.3) is 0 Å². The van der Waals surface area contributed by atoms with Crippen molar-refractivity contribution < 1.29 is 22.9 Å². The van der Waals surface area contributed by atoms with Crippen LogP contribution in [0.5, 0.6) is 0 Å². The zero-order valence-corrected chi connectivity index (χ0v) is 9.07. The molecule has 1 aromatic carbocycles. The highest BCUT2D eigenvalue weighted by Gasteiger charge is 2.04. The van der Waals surface area contributed by atoms with Crippen molar-refractivity contribution in [3.63, 3.8) is 0 Å². The number of rotatable bonds is 5. The number of hydrogen-bond acceptors (Lipinski definition) is 3. The minimum Gasteiger partial charge on any atom is -0.481 e. The van der Waals surface area contributed by atoms with Gasteiger partial charge in [-0.2, -0.15) is 8.42 Å². The van der Waals surface area contributed by atoms with E-state index in [1.165, 1.54) is 12.1 Å². The van der Waals surface area contributed by atoms with Crippen molar-refractivity contribution in [3.05, 3.63) is 29.8 Å². The first-order valence-corrected chi connectivity index (χ1v) is 5.87. The largest absolute Gasteiger partial charge is 0.481 e. The molecule has 1 rings (SSSR count). The maximum atomic E-state index is 10.5. The van der Waals surface area contributed by atoms with Crippen molar-refractivity contribution in [1.82, 2.24) is 0 Å². The molecule has 0 aromatic heterocycles. The first kappa shape index (κ1) is 12.5. The van der Waals surface area contributed by atoms with Gasteiger partial charge in [0.15, 0.2) is 0 Å². The number of carbonyl (C=O) groups is 1. The van der Waals surface area contributed by atoms with Crippen molar-refractivity contribution in [2.75, 3.05) is 4.72 Å². The highest BCUT2D eigenvalue weighted by Crippen LogP contribution is 2.11. The van der Waals surface area contributed by atoms with E-state index in [2.05, 4.69) is 0 Å². The Morgan fingerprint density at radius 1 is 1.25 bits per heavy atom. The molecule has 7 heteroatoms. The zero-order valence-electron chi connectivity index (χ0n) is 8.25. The van der Waals surface area contributed by atoms with Crippen LogP contribution in [0.4, 0.5) is 5.69 Å². The fraction of sp³-hybridized carbons (Fsp3) is 0.222. The lowest BCUT2D eigenvalue weighted by Crippen LogP contribution is -2.10. The van der Waals surface area contributed by atoms with E-state index in [-0.39, 0.29) is 12.1 Å². The Labute approximate surface area is 92.8 Å². The second kappa shape index (κ2) is 4.95. The van der Waals surface area contributed by atoms with Gasteiger partial charge in [-0.3, -0.25) is 14.1 Å². The molecular weight excluding hydrogens is 234 g/mol. The first-order valence-electron chi connectivity index (χ1n) is 4.43. The molecule has 6 nitrogen and oxygen atoms in total. The molecule has 0 saturated heterocycles. The topological polar surface area (TPSA) is 104 Å². The number of nitrogens with one attached hydrogen (secondary N) is 1. The van der Waals surface area contributed by atoms with Crippen molar-refractivity contribution >= 4 is 22.0 Å². The number of carboxylic acids is 1. The lowest BCUT2D eigenvalue weighted by Gasteiger charge is -2.03. The van der Waals surface area contributed by atoms with Gasteiger partial charge in [0.25, 0.3) is 0 Å². The van der Waals surface area contributed by atoms with Gasteiger partial charge in [0.1, 0.15) is 0 Å². The number of benzene rings is 1. The second-order valence-electron chi connectivity index (χ2n) is 3.17. The van der Waals surface area contributed by atoms with E-state index >= 15 is 0 Å². The van der Waals surface area contributed by atoms with E-state index < -0.39 is 16.3 Å². The Bertz CT molecular complexity index is 465. The Kier molecular flexibility index (Phi) is 3.86. The summed E-state index contributed by atoms with van der Waals surface area (Å²) in [6.07, 6.45) is 0.395. The van der Waals surface area contributed by atoms with Crippen LogP contribution in [0.15, 0.2) is 24.3 Å². The lowest BCUT2D eigenvalue weighted by molar-refractivity contribution is -0.136. The fourth-order valence-corrected chi connectivity index (χ4v) is 1.57. The number of carboxylic acid groups (broad SMARTS) is 1. The van der Waals surface area contributed by atoms with Crippen LogP contribution in [0.3, 0.4) is 0 Å². The highest BCUT2D eigenvalue weighted by molar-refractivity contribution is 7.87. The van der Waals surface area contributed by atoms with Crippen LogP contribution < -0.4 is 4.72 Å². The van der Waals surface area contributed by atoms with E-state index in [1.807, 2.05) is 4.72 Å². The minimum absolute atomic E-state index is 0.0189. The molecule has 0 radical (unpaired) electrons. The monoisotopic (exact) mass is 245 g/mol. The molecule has 0 fully saturated rings. The Hall–Kier alpha value is -1.60. The fourth-order valence-electron chi connectivity index (χ4n) is 1.14. The summed E-state index contributed by atoms with van der Waals surface area (Å²) >= 11 is 0. The SMILES string of the molecule is O=C(O)CCc1ccc(NS(=O)(=O)O)cc1. The van der Waals surface area contributed by atoms with Crippen LogP contribution in [0.1, 0.15) is 12.0 Å². The molecule has 3 N–H and O–H groups in total. The maximum absolute atomic E-state index is 10.5.